The Labute approximate surface area is 140 Å². The monoisotopic (exact) mass is 331 g/mol. The highest BCUT2D eigenvalue weighted by molar-refractivity contribution is 7.11. The van der Waals surface area contributed by atoms with Gasteiger partial charge in [-0.15, -0.1) is 11.3 Å². The summed E-state index contributed by atoms with van der Waals surface area (Å²) in [5.41, 5.74) is 3.97. The number of hydrogen-bond acceptors (Lipinski definition) is 4. The number of benzene rings is 1. The van der Waals surface area contributed by atoms with Gasteiger partial charge in [0, 0.05) is 18.2 Å². The molecular formula is C17H21N3O2S. The van der Waals surface area contributed by atoms with Gasteiger partial charge in [0.25, 0.3) is 11.8 Å². The maximum absolute atomic E-state index is 12.0. The van der Waals surface area contributed by atoms with Crippen molar-refractivity contribution in [3.8, 4) is 0 Å². The molecule has 1 heterocycles. The molecule has 0 saturated heterocycles. The first-order valence-corrected chi connectivity index (χ1v) is 8.47. The van der Waals surface area contributed by atoms with Crippen molar-refractivity contribution in [3.63, 3.8) is 0 Å². The van der Waals surface area contributed by atoms with E-state index in [1.54, 1.807) is 17.6 Å². The fourth-order valence-electron chi connectivity index (χ4n) is 1.97. The summed E-state index contributed by atoms with van der Waals surface area (Å²) in [5.74, 6) is -0.196. The van der Waals surface area contributed by atoms with Crippen LogP contribution in [0.5, 0.6) is 0 Å². The highest BCUT2D eigenvalue weighted by Crippen LogP contribution is 2.12. The average Bonchev–Trinajstić information content (AvgIpc) is 2.99. The van der Waals surface area contributed by atoms with Crippen LogP contribution in [-0.4, -0.2) is 22.8 Å². The summed E-state index contributed by atoms with van der Waals surface area (Å²) in [7, 11) is 0. The number of carbonyl (C=O) groups is 2. The predicted octanol–water partition coefficient (Wildman–Crippen LogP) is 2.91. The Balaban J connectivity index is 1.91. The lowest BCUT2D eigenvalue weighted by molar-refractivity contribution is 0.0934. The van der Waals surface area contributed by atoms with E-state index in [0.717, 1.165) is 17.7 Å². The summed E-state index contributed by atoms with van der Waals surface area (Å²) in [6.07, 6.45) is 0.896. The van der Waals surface area contributed by atoms with E-state index >= 15 is 0 Å². The molecule has 2 amide bonds. The van der Waals surface area contributed by atoms with Crippen molar-refractivity contribution in [1.29, 1.82) is 0 Å². The number of aryl methyl sites for hydroxylation is 1. The number of amides is 2. The second kappa shape index (κ2) is 7.87. The van der Waals surface area contributed by atoms with E-state index in [4.69, 9.17) is 0 Å². The molecule has 0 saturated carbocycles. The summed E-state index contributed by atoms with van der Waals surface area (Å²) >= 11 is 1.33. The summed E-state index contributed by atoms with van der Waals surface area (Å²) in [6.45, 7) is 6.24. The number of rotatable bonds is 6. The van der Waals surface area contributed by atoms with Crippen LogP contribution in [0, 0.1) is 6.92 Å². The number of aromatic nitrogens is 1. The first-order chi connectivity index (χ1) is 11.0. The third kappa shape index (κ3) is 4.63. The van der Waals surface area contributed by atoms with Crippen molar-refractivity contribution < 1.29 is 9.59 Å². The minimum atomic E-state index is -0.122. The molecule has 0 unspecified atom stereocenters. The second-order valence-corrected chi connectivity index (χ2v) is 6.28. The van der Waals surface area contributed by atoms with Crippen molar-refractivity contribution in [3.05, 3.63) is 51.5 Å². The normalized spacial score (nSPS) is 11.8. The summed E-state index contributed by atoms with van der Waals surface area (Å²) < 4.78 is 0. The zero-order valence-corrected chi connectivity index (χ0v) is 14.4. The lowest BCUT2D eigenvalue weighted by Crippen LogP contribution is -2.31. The molecule has 0 bridgehead atoms. The van der Waals surface area contributed by atoms with Crippen molar-refractivity contribution in [2.45, 2.75) is 39.8 Å². The molecule has 1 aromatic heterocycles. The van der Waals surface area contributed by atoms with E-state index < -0.39 is 0 Å². The van der Waals surface area contributed by atoms with Gasteiger partial charge < -0.3 is 10.6 Å². The van der Waals surface area contributed by atoms with Crippen molar-refractivity contribution in [1.82, 2.24) is 15.6 Å². The predicted molar refractivity (Wildman–Crippen MR) is 91.7 cm³/mol. The van der Waals surface area contributed by atoms with Crippen LogP contribution in [0.15, 0.2) is 29.8 Å². The van der Waals surface area contributed by atoms with Gasteiger partial charge in [0.05, 0.1) is 11.2 Å². The van der Waals surface area contributed by atoms with Gasteiger partial charge in [0.2, 0.25) is 0 Å². The molecule has 0 aliphatic heterocycles. The molecule has 0 aliphatic carbocycles. The van der Waals surface area contributed by atoms with Crippen LogP contribution in [0.25, 0.3) is 0 Å². The third-order valence-corrected chi connectivity index (χ3v) is 4.54. The van der Waals surface area contributed by atoms with E-state index in [1.807, 2.05) is 32.9 Å². The maximum atomic E-state index is 12.0. The van der Waals surface area contributed by atoms with E-state index in [-0.39, 0.29) is 17.9 Å². The van der Waals surface area contributed by atoms with Gasteiger partial charge in [-0.2, -0.15) is 0 Å². The maximum Gasteiger partial charge on any atom is 0.263 e. The highest BCUT2D eigenvalue weighted by Gasteiger charge is 2.11. The van der Waals surface area contributed by atoms with Gasteiger partial charge in [0.1, 0.15) is 4.88 Å². The Morgan fingerprint density at radius 3 is 2.48 bits per heavy atom. The van der Waals surface area contributed by atoms with Crippen molar-refractivity contribution >= 4 is 23.2 Å². The van der Waals surface area contributed by atoms with E-state index in [1.165, 1.54) is 11.3 Å². The Morgan fingerprint density at radius 2 is 1.91 bits per heavy atom. The van der Waals surface area contributed by atoms with Crippen LogP contribution in [0.2, 0.25) is 0 Å². The Bertz CT molecular complexity index is 679. The number of carbonyl (C=O) groups excluding carboxylic acids is 2. The lowest BCUT2D eigenvalue weighted by atomic mass is 10.1. The molecule has 0 fully saturated rings. The largest absolute Gasteiger partial charge is 0.350 e. The van der Waals surface area contributed by atoms with Gasteiger partial charge in [-0.25, -0.2) is 4.98 Å². The Kier molecular flexibility index (Phi) is 5.87. The highest BCUT2D eigenvalue weighted by atomic mass is 32.1. The fourth-order valence-corrected chi connectivity index (χ4v) is 2.68. The van der Waals surface area contributed by atoms with Crippen LogP contribution < -0.4 is 10.6 Å². The third-order valence-electron chi connectivity index (χ3n) is 3.61. The lowest BCUT2D eigenvalue weighted by Gasteiger charge is -2.11. The molecule has 0 spiro atoms. The fraction of sp³-hybridized carbons (Fsp3) is 0.353. The molecule has 1 atom stereocenters. The minimum absolute atomic E-state index is 0.0739. The molecule has 0 aliphatic rings. The standard InChI is InChI=1S/C17H21N3O2S/c1-4-11(2)20-16(21)14-7-5-13(6-8-14)9-18-17(22)15-12(3)19-10-23-15/h5-8,10-11H,4,9H2,1-3H3,(H,18,22)(H,20,21)/t11-/m1/s1. The van der Waals surface area contributed by atoms with Crippen molar-refractivity contribution in [2.24, 2.45) is 0 Å². The summed E-state index contributed by atoms with van der Waals surface area (Å²) in [5, 5.41) is 5.79. The van der Waals surface area contributed by atoms with E-state index in [2.05, 4.69) is 15.6 Å². The Morgan fingerprint density at radius 1 is 1.22 bits per heavy atom. The van der Waals surface area contributed by atoms with Gasteiger partial charge in [-0.3, -0.25) is 9.59 Å². The van der Waals surface area contributed by atoms with Crippen LogP contribution in [-0.2, 0) is 6.54 Å². The van der Waals surface area contributed by atoms with Crippen LogP contribution >= 0.6 is 11.3 Å². The summed E-state index contributed by atoms with van der Waals surface area (Å²) in [6, 6.07) is 7.41. The molecule has 122 valence electrons. The van der Waals surface area contributed by atoms with Gasteiger partial charge in [-0.05, 0) is 38.0 Å². The number of nitrogens with one attached hydrogen (secondary N) is 2. The van der Waals surface area contributed by atoms with Crippen molar-refractivity contribution in [2.75, 3.05) is 0 Å². The van der Waals surface area contributed by atoms with Gasteiger partial charge >= 0.3 is 0 Å². The smallest absolute Gasteiger partial charge is 0.263 e. The molecule has 6 heteroatoms. The number of hydrogen-bond donors (Lipinski definition) is 2. The molecule has 5 nitrogen and oxygen atoms in total. The van der Waals surface area contributed by atoms with Crippen LogP contribution in [0.1, 0.15) is 51.6 Å². The SMILES string of the molecule is CC[C@@H](C)NC(=O)c1ccc(CNC(=O)c2scnc2C)cc1. The van der Waals surface area contributed by atoms with Gasteiger partial charge in [0.15, 0.2) is 0 Å². The molecule has 2 rings (SSSR count). The second-order valence-electron chi connectivity index (χ2n) is 5.43. The average molecular weight is 331 g/mol. The molecule has 0 radical (unpaired) electrons. The molecule has 2 aromatic rings. The zero-order valence-electron chi connectivity index (χ0n) is 13.6. The number of thiazole rings is 1. The molecule has 23 heavy (non-hydrogen) atoms. The minimum Gasteiger partial charge on any atom is -0.350 e. The van der Waals surface area contributed by atoms with Crippen LogP contribution in [0.4, 0.5) is 0 Å². The number of nitrogens with zero attached hydrogens (tertiary/aromatic N) is 1. The van der Waals surface area contributed by atoms with E-state index in [0.29, 0.717) is 17.0 Å². The zero-order chi connectivity index (χ0) is 16.8. The topological polar surface area (TPSA) is 71.1 Å². The molecule has 2 N–H and O–H groups in total. The van der Waals surface area contributed by atoms with Crippen LogP contribution in [0.3, 0.4) is 0 Å². The van der Waals surface area contributed by atoms with Gasteiger partial charge in [-0.1, -0.05) is 19.1 Å². The molecule has 1 aromatic carbocycles. The quantitative estimate of drug-likeness (QED) is 0.855. The summed E-state index contributed by atoms with van der Waals surface area (Å²) in [4.78, 5) is 28.7. The Hall–Kier alpha value is -2.21. The first kappa shape index (κ1) is 17.1. The molecular weight excluding hydrogens is 310 g/mol. The first-order valence-electron chi connectivity index (χ1n) is 7.59. The van der Waals surface area contributed by atoms with E-state index in [9.17, 15) is 9.59 Å².